The SMILES string of the molecule is B[C@@H]1O[C@H](C(OC(C)=O)C(OC(C)=O)P(=O)(OCC)OCC)C[C@@H]1OP(OCCC#N)N(C(C)C)C(C)C. The topological polar surface area (TPSA) is 143 Å². The summed E-state index contributed by atoms with van der Waals surface area (Å²) in [5.41, 5.74) is 0. The molecule has 0 aromatic carbocycles. The van der Waals surface area contributed by atoms with Crippen LogP contribution in [0.15, 0.2) is 0 Å². The van der Waals surface area contributed by atoms with Crippen LogP contribution in [0.4, 0.5) is 0 Å². The minimum absolute atomic E-state index is 0.0140. The van der Waals surface area contributed by atoms with E-state index in [1.54, 1.807) is 21.7 Å². The summed E-state index contributed by atoms with van der Waals surface area (Å²) >= 11 is 0. The number of carbonyl (C=O) groups is 2. The molecule has 1 rings (SSSR count). The minimum Gasteiger partial charge on any atom is -0.455 e. The second-order valence-electron chi connectivity index (χ2n) is 9.26. The third-order valence-corrected chi connectivity index (χ3v) is 9.85. The molecule has 0 radical (unpaired) electrons. The van der Waals surface area contributed by atoms with E-state index in [2.05, 4.69) is 10.7 Å². The summed E-state index contributed by atoms with van der Waals surface area (Å²) < 4.78 is 56.2. The number of rotatable bonds is 17. The van der Waals surface area contributed by atoms with E-state index in [-0.39, 0.29) is 44.7 Å². The van der Waals surface area contributed by atoms with Crippen molar-refractivity contribution in [2.75, 3.05) is 19.8 Å². The molecule has 218 valence electrons. The van der Waals surface area contributed by atoms with Crippen molar-refractivity contribution < 1.29 is 46.5 Å². The van der Waals surface area contributed by atoms with Gasteiger partial charge in [-0.2, -0.15) is 5.26 Å². The molecule has 15 heteroatoms. The molecule has 0 saturated carbocycles. The maximum atomic E-state index is 13.7. The first kappa shape index (κ1) is 34.9. The van der Waals surface area contributed by atoms with E-state index >= 15 is 0 Å². The van der Waals surface area contributed by atoms with Crippen LogP contribution < -0.4 is 0 Å². The summed E-state index contributed by atoms with van der Waals surface area (Å²) in [5, 5.41) is 8.97. The molecule has 1 fully saturated rings. The fourth-order valence-electron chi connectivity index (χ4n) is 4.12. The van der Waals surface area contributed by atoms with Gasteiger partial charge in [0.05, 0.1) is 44.4 Å². The zero-order valence-electron chi connectivity index (χ0n) is 23.9. The first-order valence-corrected chi connectivity index (χ1v) is 15.7. The van der Waals surface area contributed by atoms with Gasteiger partial charge in [0.1, 0.15) is 14.0 Å². The van der Waals surface area contributed by atoms with Crippen molar-refractivity contribution in [2.45, 2.75) is 110 Å². The predicted molar refractivity (Wildman–Crippen MR) is 144 cm³/mol. The number of nitrogens with zero attached hydrogens (tertiary/aromatic N) is 2. The van der Waals surface area contributed by atoms with Gasteiger partial charge in [-0.15, -0.1) is 0 Å². The normalized spacial score (nSPS) is 22.3. The number of esters is 2. The Morgan fingerprint density at radius 2 is 1.66 bits per heavy atom. The largest absolute Gasteiger partial charge is 0.455 e. The lowest BCUT2D eigenvalue weighted by Crippen LogP contribution is -2.44. The third kappa shape index (κ3) is 10.5. The molecule has 1 aliphatic rings. The second kappa shape index (κ2) is 16.9. The molecule has 0 aromatic rings. The van der Waals surface area contributed by atoms with Crippen molar-refractivity contribution >= 4 is 35.9 Å². The van der Waals surface area contributed by atoms with Crippen molar-refractivity contribution in [1.29, 1.82) is 5.26 Å². The molecule has 38 heavy (non-hydrogen) atoms. The van der Waals surface area contributed by atoms with Gasteiger partial charge in [0, 0.05) is 32.4 Å². The van der Waals surface area contributed by atoms with E-state index in [4.69, 9.17) is 37.6 Å². The fourth-order valence-corrected chi connectivity index (χ4v) is 7.90. The first-order chi connectivity index (χ1) is 17.8. The summed E-state index contributed by atoms with van der Waals surface area (Å²) in [4.78, 5) is 24.1. The van der Waals surface area contributed by atoms with Crippen molar-refractivity contribution in [3.8, 4) is 6.07 Å². The summed E-state index contributed by atoms with van der Waals surface area (Å²) in [5.74, 6) is -2.97. The molecular weight excluding hydrogens is 537 g/mol. The molecule has 0 spiro atoms. The van der Waals surface area contributed by atoms with E-state index in [0.29, 0.717) is 0 Å². The lowest BCUT2D eigenvalue weighted by Gasteiger charge is -2.37. The number of ether oxygens (including phenoxy) is 3. The highest BCUT2D eigenvalue weighted by Crippen LogP contribution is 2.57. The second-order valence-corrected chi connectivity index (χ2v) is 12.8. The van der Waals surface area contributed by atoms with Crippen molar-refractivity contribution in [2.24, 2.45) is 0 Å². The Morgan fingerprint density at radius 1 is 1.11 bits per heavy atom. The van der Waals surface area contributed by atoms with E-state index in [1.165, 1.54) is 6.92 Å². The molecule has 1 aliphatic heterocycles. The molecule has 3 unspecified atom stereocenters. The van der Waals surface area contributed by atoms with Gasteiger partial charge >= 0.3 is 19.5 Å². The summed E-state index contributed by atoms with van der Waals surface area (Å²) in [6.07, 6.45) is -2.19. The smallest absolute Gasteiger partial charge is 0.374 e. The third-order valence-electron chi connectivity index (χ3n) is 5.43. The van der Waals surface area contributed by atoms with E-state index < -0.39 is 58.2 Å². The van der Waals surface area contributed by atoms with Gasteiger partial charge in [-0.25, -0.2) is 4.67 Å². The Balaban J connectivity index is 3.33. The lowest BCUT2D eigenvalue weighted by molar-refractivity contribution is -0.170. The van der Waals surface area contributed by atoms with Crippen molar-refractivity contribution in [3.05, 3.63) is 0 Å². The van der Waals surface area contributed by atoms with Crippen LogP contribution in [0.2, 0.25) is 0 Å². The molecule has 0 N–H and O–H groups in total. The van der Waals surface area contributed by atoms with Gasteiger partial charge in [-0.05, 0) is 41.5 Å². The summed E-state index contributed by atoms with van der Waals surface area (Å²) in [6.45, 7) is 14.0. The van der Waals surface area contributed by atoms with Crippen LogP contribution in [-0.4, -0.2) is 86.5 Å². The zero-order valence-corrected chi connectivity index (χ0v) is 25.7. The number of carbonyl (C=O) groups excluding carboxylic acids is 2. The van der Waals surface area contributed by atoms with Crippen LogP contribution in [0.25, 0.3) is 0 Å². The van der Waals surface area contributed by atoms with Gasteiger partial charge < -0.3 is 32.3 Å². The van der Waals surface area contributed by atoms with Crippen LogP contribution in [0.1, 0.15) is 68.2 Å². The molecular formula is C23H43BN2O10P2. The lowest BCUT2D eigenvalue weighted by atomic mass is 9.94. The highest BCUT2D eigenvalue weighted by Gasteiger charge is 2.53. The molecule has 0 amide bonds. The fraction of sp³-hybridized carbons (Fsp3) is 0.870. The number of hydrogen-bond donors (Lipinski definition) is 0. The Kier molecular flexibility index (Phi) is 15.5. The maximum Gasteiger partial charge on any atom is 0.374 e. The molecule has 0 aromatic heterocycles. The van der Waals surface area contributed by atoms with Gasteiger partial charge in [0.2, 0.25) is 5.85 Å². The average Bonchev–Trinajstić information content (AvgIpc) is 3.15. The Labute approximate surface area is 228 Å². The molecule has 0 aliphatic carbocycles. The maximum absolute atomic E-state index is 13.7. The van der Waals surface area contributed by atoms with E-state index in [9.17, 15) is 14.2 Å². The summed E-state index contributed by atoms with van der Waals surface area (Å²) in [6, 6.07) is 1.80. The molecule has 1 saturated heterocycles. The Hall–Kier alpha value is -1.09. The monoisotopic (exact) mass is 580 g/mol. The van der Waals surface area contributed by atoms with E-state index in [1.807, 2.05) is 27.7 Å². The molecule has 6 atom stereocenters. The number of hydrogen-bond acceptors (Lipinski definition) is 12. The zero-order chi connectivity index (χ0) is 29.0. The van der Waals surface area contributed by atoms with Crippen LogP contribution in [0, 0.1) is 11.3 Å². The van der Waals surface area contributed by atoms with Crippen LogP contribution in [0.5, 0.6) is 0 Å². The van der Waals surface area contributed by atoms with Crippen LogP contribution in [0.3, 0.4) is 0 Å². The predicted octanol–water partition coefficient (Wildman–Crippen LogP) is 3.48. The molecule has 1 heterocycles. The first-order valence-electron chi connectivity index (χ1n) is 12.9. The highest BCUT2D eigenvalue weighted by atomic mass is 31.2. The van der Waals surface area contributed by atoms with Gasteiger partial charge in [-0.3, -0.25) is 14.2 Å². The Bertz CT molecular complexity index is 826. The van der Waals surface area contributed by atoms with Crippen LogP contribution >= 0.6 is 16.1 Å². The number of nitriles is 1. The summed E-state index contributed by atoms with van der Waals surface area (Å²) in [7, 11) is -3.84. The van der Waals surface area contributed by atoms with E-state index in [0.717, 1.165) is 6.92 Å². The average molecular weight is 580 g/mol. The Morgan fingerprint density at radius 3 is 2.11 bits per heavy atom. The molecule has 12 nitrogen and oxygen atoms in total. The van der Waals surface area contributed by atoms with Gasteiger partial charge in [0.25, 0.3) is 8.53 Å². The van der Waals surface area contributed by atoms with Crippen LogP contribution in [-0.2, 0) is 46.5 Å². The van der Waals surface area contributed by atoms with Gasteiger partial charge in [0.15, 0.2) is 6.10 Å². The van der Waals surface area contributed by atoms with Crippen molar-refractivity contribution in [1.82, 2.24) is 4.67 Å². The quantitative estimate of drug-likeness (QED) is 0.108. The van der Waals surface area contributed by atoms with Gasteiger partial charge in [-0.1, -0.05) is 0 Å². The standard InChI is InChI=1S/C23H43BN2O10P2/c1-9-31-38(29,32-10-2)23(34-18(8)28)21(33-17(7)27)19-14-20(22(24)35-19)36-37(30-13-11-12-25)26(15(3)4)16(5)6/h15-16,19-23H,9-11,13-14,24H2,1-8H3/t19-,20-,21?,22+,23?,37?/m0/s1. The van der Waals surface area contributed by atoms with Crippen molar-refractivity contribution in [3.63, 3.8) is 0 Å². The molecule has 0 bridgehead atoms. The minimum atomic E-state index is -4.08. The highest BCUT2D eigenvalue weighted by molar-refractivity contribution is 7.54.